The van der Waals surface area contributed by atoms with E-state index >= 15 is 0 Å². The first-order valence-electron chi connectivity index (χ1n) is 6.45. The lowest BCUT2D eigenvalue weighted by molar-refractivity contribution is -0.132. The maximum absolute atomic E-state index is 12.0. The molecule has 0 aliphatic heterocycles. The van der Waals surface area contributed by atoms with Gasteiger partial charge in [-0.05, 0) is 26.2 Å². The molecule has 0 atom stereocenters. The molecule has 0 radical (unpaired) electrons. The normalized spacial score (nSPS) is 10.6. The first-order valence-corrected chi connectivity index (χ1v) is 7.21. The van der Waals surface area contributed by atoms with Gasteiger partial charge in [0.25, 0.3) is 0 Å². The van der Waals surface area contributed by atoms with Crippen LogP contribution < -0.4 is 5.32 Å². The molecule has 2 amide bonds. The van der Waals surface area contributed by atoms with Crippen LogP contribution >= 0.6 is 23.2 Å². The molecule has 0 spiro atoms. The highest BCUT2D eigenvalue weighted by Gasteiger charge is 2.15. The Balaban J connectivity index is 2.65. The first kappa shape index (κ1) is 17.8. The molecular formula is C14H19Cl2N3O2. The van der Waals surface area contributed by atoms with Gasteiger partial charge in [0.05, 0.1) is 22.3 Å². The van der Waals surface area contributed by atoms with Crippen LogP contribution in [0.2, 0.25) is 10.0 Å². The van der Waals surface area contributed by atoms with Crippen molar-refractivity contribution in [1.82, 2.24) is 9.80 Å². The fraction of sp³-hybridized carbons (Fsp3) is 0.429. The molecule has 5 nitrogen and oxygen atoms in total. The number of rotatable bonds is 6. The number of nitrogens with zero attached hydrogens (tertiary/aromatic N) is 2. The second kappa shape index (κ2) is 8.22. The number of likely N-dealkylation sites (N-methyl/N-ethyl adjacent to an activating group) is 1. The minimum Gasteiger partial charge on any atom is -0.332 e. The minimum atomic E-state index is -0.312. The van der Waals surface area contributed by atoms with Gasteiger partial charge in [-0.1, -0.05) is 29.3 Å². The van der Waals surface area contributed by atoms with Crippen LogP contribution in [0.1, 0.15) is 6.92 Å². The van der Waals surface area contributed by atoms with Crippen LogP contribution in [0.3, 0.4) is 0 Å². The molecule has 0 aliphatic rings. The second-order valence-electron chi connectivity index (χ2n) is 4.89. The fourth-order valence-electron chi connectivity index (χ4n) is 1.63. The van der Waals surface area contributed by atoms with E-state index in [4.69, 9.17) is 23.2 Å². The van der Waals surface area contributed by atoms with Crippen molar-refractivity contribution in [2.45, 2.75) is 6.92 Å². The summed E-state index contributed by atoms with van der Waals surface area (Å²) in [5.74, 6) is -0.461. The Morgan fingerprint density at radius 1 is 1.19 bits per heavy atom. The minimum absolute atomic E-state index is 0.0218. The van der Waals surface area contributed by atoms with Crippen molar-refractivity contribution in [3.63, 3.8) is 0 Å². The number of benzene rings is 1. The van der Waals surface area contributed by atoms with Crippen molar-refractivity contribution in [3.05, 3.63) is 28.2 Å². The summed E-state index contributed by atoms with van der Waals surface area (Å²) >= 11 is 11.9. The third-order valence-electron chi connectivity index (χ3n) is 2.82. The number of carbonyl (C=O) groups excluding carboxylic acids is 2. The zero-order valence-corrected chi connectivity index (χ0v) is 13.8. The zero-order valence-electron chi connectivity index (χ0n) is 12.3. The predicted octanol–water partition coefficient (Wildman–Crippen LogP) is 2.34. The molecule has 0 saturated heterocycles. The SMILES string of the molecule is CC(=O)N(CCN(C)C)CC(=O)Nc1cccc(Cl)c1Cl. The molecule has 1 rings (SSSR count). The molecular weight excluding hydrogens is 313 g/mol. The number of nitrogens with one attached hydrogen (secondary N) is 1. The number of hydrogen-bond donors (Lipinski definition) is 1. The molecule has 7 heteroatoms. The smallest absolute Gasteiger partial charge is 0.244 e. The summed E-state index contributed by atoms with van der Waals surface area (Å²) < 4.78 is 0. The van der Waals surface area contributed by atoms with Crippen molar-refractivity contribution < 1.29 is 9.59 Å². The second-order valence-corrected chi connectivity index (χ2v) is 5.68. The zero-order chi connectivity index (χ0) is 16.0. The predicted molar refractivity (Wildman–Crippen MR) is 85.9 cm³/mol. The maximum atomic E-state index is 12.0. The Bertz CT molecular complexity index is 521. The quantitative estimate of drug-likeness (QED) is 0.870. The molecule has 116 valence electrons. The van der Waals surface area contributed by atoms with Gasteiger partial charge in [-0.3, -0.25) is 9.59 Å². The van der Waals surface area contributed by atoms with Gasteiger partial charge < -0.3 is 15.1 Å². The van der Waals surface area contributed by atoms with E-state index < -0.39 is 0 Å². The van der Waals surface area contributed by atoms with Crippen LogP contribution in [0.4, 0.5) is 5.69 Å². The van der Waals surface area contributed by atoms with Crippen LogP contribution in [-0.4, -0.2) is 55.3 Å². The van der Waals surface area contributed by atoms with Gasteiger partial charge in [0.1, 0.15) is 0 Å². The molecule has 21 heavy (non-hydrogen) atoms. The summed E-state index contributed by atoms with van der Waals surface area (Å²) in [6.45, 7) is 2.59. The standard InChI is InChI=1S/C14H19Cl2N3O2/c1-10(20)19(8-7-18(2)3)9-13(21)17-12-6-4-5-11(15)14(12)16/h4-6H,7-9H2,1-3H3,(H,17,21). The summed E-state index contributed by atoms with van der Waals surface area (Å²) in [7, 11) is 3.81. The lowest BCUT2D eigenvalue weighted by Crippen LogP contribution is -2.40. The molecule has 1 aromatic rings. The molecule has 0 heterocycles. The highest BCUT2D eigenvalue weighted by molar-refractivity contribution is 6.44. The first-order chi connectivity index (χ1) is 9.81. The van der Waals surface area contributed by atoms with E-state index in [9.17, 15) is 9.59 Å². The van der Waals surface area contributed by atoms with E-state index in [1.54, 1.807) is 18.2 Å². The number of anilines is 1. The van der Waals surface area contributed by atoms with E-state index in [-0.39, 0.29) is 23.4 Å². The van der Waals surface area contributed by atoms with Crippen LogP contribution in [-0.2, 0) is 9.59 Å². The summed E-state index contributed by atoms with van der Waals surface area (Å²) in [6, 6.07) is 4.99. The van der Waals surface area contributed by atoms with E-state index in [1.807, 2.05) is 19.0 Å². The van der Waals surface area contributed by atoms with Gasteiger partial charge in [0, 0.05) is 20.0 Å². The van der Waals surface area contributed by atoms with Gasteiger partial charge in [0.15, 0.2) is 0 Å². The lowest BCUT2D eigenvalue weighted by atomic mass is 10.3. The summed E-state index contributed by atoms with van der Waals surface area (Å²) in [4.78, 5) is 27.0. The summed E-state index contributed by atoms with van der Waals surface area (Å²) in [5.41, 5.74) is 0.435. The molecule has 1 N–H and O–H groups in total. The fourth-order valence-corrected chi connectivity index (χ4v) is 1.98. The number of halogens is 2. The molecule has 0 aliphatic carbocycles. The Labute approximate surface area is 134 Å². The number of amides is 2. The highest BCUT2D eigenvalue weighted by atomic mass is 35.5. The van der Waals surface area contributed by atoms with Crippen molar-refractivity contribution in [2.24, 2.45) is 0 Å². The average molecular weight is 332 g/mol. The Morgan fingerprint density at radius 2 is 1.86 bits per heavy atom. The monoisotopic (exact) mass is 331 g/mol. The largest absolute Gasteiger partial charge is 0.332 e. The Hall–Kier alpha value is -1.30. The molecule has 0 aromatic heterocycles. The van der Waals surface area contributed by atoms with Gasteiger partial charge >= 0.3 is 0 Å². The number of hydrogen-bond acceptors (Lipinski definition) is 3. The Kier molecular flexibility index (Phi) is 6.95. The Morgan fingerprint density at radius 3 is 2.43 bits per heavy atom. The van der Waals surface area contributed by atoms with Crippen LogP contribution in [0.5, 0.6) is 0 Å². The highest BCUT2D eigenvalue weighted by Crippen LogP contribution is 2.29. The number of carbonyl (C=O) groups is 2. The molecule has 1 aromatic carbocycles. The van der Waals surface area contributed by atoms with Gasteiger partial charge in [-0.2, -0.15) is 0 Å². The molecule has 0 bridgehead atoms. The lowest BCUT2D eigenvalue weighted by Gasteiger charge is -2.22. The maximum Gasteiger partial charge on any atom is 0.244 e. The van der Waals surface area contributed by atoms with E-state index in [0.717, 1.165) is 0 Å². The van der Waals surface area contributed by atoms with Crippen LogP contribution in [0, 0.1) is 0 Å². The summed E-state index contributed by atoms with van der Waals surface area (Å²) in [5, 5.41) is 3.31. The van der Waals surface area contributed by atoms with E-state index in [1.165, 1.54) is 11.8 Å². The van der Waals surface area contributed by atoms with E-state index in [2.05, 4.69) is 5.32 Å². The molecule has 0 fully saturated rings. The topological polar surface area (TPSA) is 52.7 Å². The third-order valence-corrected chi connectivity index (χ3v) is 3.64. The molecule has 0 saturated carbocycles. The van der Waals surface area contributed by atoms with Crippen molar-refractivity contribution in [3.8, 4) is 0 Å². The van der Waals surface area contributed by atoms with Gasteiger partial charge in [-0.15, -0.1) is 0 Å². The van der Waals surface area contributed by atoms with Crippen molar-refractivity contribution >= 4 is 40.7 Å². The van der Waals surface area contributed by atoms with Crippen LogP contribution in [0.25, 0.3) is 0 Å². The summed E-state index contributed by atoms with van der Waals surface area (Å²) in [6.07, 6.45) is 0. The van der Waals surface area contributed by atoms with E-state index in [0.29, 0.717) is 23.8 Å². The average Bonchev–Trinajstić information content (AvgIpc) is 2.39. The van der Waals surface area contributed by atoms with Gasteiger partial charge in [-0.25, -0.2) is 0 Å². The van der Waals surface area contributed by atoms with Crippen molar-refractivity contribution in [2.75, 3.05) is 39.0 Å². The van der Waals surface area contributed by atoms with Crippen molar-refractivity contribution in [1.29, 1.82) is 0 Å². The third kappa shape index (κ3) is 5.91. The molecule has 0 unspecified atom stereocenters. The van der Waals surface area contributed by atoms with Gasteiger partial charge in [0.2, 0.25) is 11.8 Å². The van der Waals surface area contributed by atoms with Crippen LogP contribution in [0.15, 0.2) is 18.2 Å².